The van der Waals surface area contributed by atoms with E-state index in [0.29, 0.717) is 59.5 Å². The van der Waals surface area contributed by atoms with E-state index in [1.807, 2.05) is 0 Å². The molecule has 0 aliphatic rings. The molecule has 0 spiro atoms. The van der Waals surface area contributed by atoms with E-state index in [-0.39, 0.29) is 22.8 Å². The summed E-state index contributed by atoms with van der Waals surface area (Å²) in [6.45, 7) is 26.7. The summed E-state index contributed by atoms with van der Waals surface area (Å²) >= 11 is 0. The molecule has 32 heavy (non-hydrogen) atoms. The zero-order valence-electron chi connectivity index (χ0n) is 22.5. The van der Waals surface area contributed by atoms with Gasteiger partial charge in [0, 0.05) is 0 Å². The normalized spacial score (nSPS) is 14.7. The molecule has 0 aliphatic heterocycles. The fourth-order valence-corrected chi connectivity index (χ4v) is 4.16. The highest BCUT2D eigenvalue weighted by Crippen LogP contribution is 2.37. The van der Waals surface area contributed by atoms with E-state index in [4.69, 9.17) is 27.8 Å². The molecular formula is C23H52O7Si2. The molecule has 0 bridgehead atoms. The first-order valence-corrected chi connectivity index (χ1v) is 17.7. The zero-order valence-corrected chi connectivity index (χ0v) is 24.5. The molecule has 0 aromatic rings. The second-order valence-electron chi connectivity index (χ2n) is 11.2. The van der Waals surface area contributed by atoms with Crippen LogP contribution in [0, 0.1) is 0 Å². The number of rotatable bonds is 18. The molecule has 7 nitrogen and oxygen atoms in total. The molecule has 0 amide bonds. The summed E-state index contributed by atoms with van der Waals surface area (Å²) < 4.78 is 34.5. The lowest BCUT2D eigenvalue weighted by atomic mass is 10.2. The lowest BCUT2D eigenvalue weighted by molar-refractivity contribution is -0.0675. The average molecular weight is 497 g/mol. The van der Waals surface area contributed by atoms with Crippen LogP contribution in [0.3, 0.4) is 0 Å². The van der Waals surface area contributed by atoms with Crippen molar-refractivity contribution in [3.63, 3.8) is 0 Å². The zero-order chi connectivity index (χ0) is 24.9. The molecule has 0 heterocycles. The van der Waals surface area contributed by atoms with E-state index >= 15 is 0 Å². The number of aliphatic hydroxyl groups excluding tert-OH is 1. The summed E-state index contributed by atoms with van der Waals surface area (Å²) in [5.41, 5.74) is 0. The monoisotopic (exact) mass is 496 g/mol. The van der Waals surface area contributed by atoms with E-state index < -0.39 is 16.6 Å². The molecule has 0 aromatic carbocycles. The smallest absolute Gasteiger partial charge is 0.192 e. The van der Waals surface area contributed by atoms with Crippen LogP contribution in [0.4, 0.5) is 0 Å². The quantitative estimate of drug-likeness (QED) is 0.222. The number of ether oxygens (including phenoxy) is 4. The molecule has 0 saturated carbocycles. The minimum atomic E-state index is -1.72. The van der Waals surface area contributed by atoms with Gasteiger partial charge in [-0.1, -0.05) is 41.5 Å². The SMILES string of the molecule is CC(C)(C)[Si](C)(C)OCCOCCOCC(CO)OCCOCCO[Si](C)(C)C(C)(C)C. The fraction of sp³-hybridized carbons (Fsp3) is 1.00. The standard InChI is InChI=1S/C23H52O7Si2/c1-22(2,3)31(7,8)29-17-14-25-11-12-27-20-21(19-24)28-16-13-26-15-18-30-32(9,10)23(4,5)6/h21,24H,11-20H2,1-10H3. The molecule has 0 fully saturated rings. The Balaban J connectivity index is 3.69. The van der Waals surface area contributed by atoms with Crippen molar-refractivity contribution in [2.24, 2.45) is 0 Å². The Morgan fingerprint density at radius 2 is 0.969 bits per heavy atom. The highest BCUT2D eigenvalue weighted by Gasteiger charge is 2.37. The predicted octanol–water partition coefficient (Wildman–Crippen LogP) is 4.46. The van der Waals surface area contributed by atoms with Gasteiger partial charge in [0.15, 0.2) is 16.6 Å². The van der Waals surface area contributed by atoms with Crippen LogP contribution in [0.25, 0.3) is 0 Å². The van der Waals surface area contributed by atoms with Gasteiger partial charge in [-0.05, 0) is 36.3 Å². The molecule has 9 heteroatoms. The fourth-order valence-electron chi connectivity index (χ4n) is 2.11. The van der Waals surface area contributed by atoms with Crippen LogP contribution in [0.1, 0.15) is 41.5 Å². The van der Waals surface area contributed by atoms with Gasteiger partial charge in [0.25, 0.3) is 0 Å². The molecule has 1 N–H and O–H groups in total. The lowest BCUT2D eigenvalue weighted by Crippen LogP contribution is -2.41. The van der Waals surface area contributed by atoms with E-state index in [0.717, 1.165) is 0 Å². The maximum absolute atomic E-state index is 9.44. The summed E-state index contributed by atoms with van der Waals surface area (Å²) in [6.07, 6.45) is -0.357. The van der Waals surface area contributed by atoms with Crippen LogP contribution in [-0.2, 0) is 27.8 Å². The highest BCUT2D eigenvalue weighted by molar-refractivity contribution is 6.74. The first-order valence-electron chi connectivity index (χ1n) is 11.9. The third kappa shape index (κ3) is 13.8. The second kappa shape index (κ2) is 15.2. The number of hydrogen-bond acceptors (Lipinski definition) is 7. The van der Waals surface area contributed by atoms with Crippen LogP contribution in [-0.4, -0.2) is 93.9 Å². The van der Waals surface area contributed by atoms with Crippen LogP contribution < -0.4 is 0 Å². The third-order valence-corrected chi connectivity index (χ3v) is 15.5. The molecule has 0 saturated heterocycles. The van der Waals surface area contributed by atoms with Crippen molar-refractivity contribution in [3.05, 3.63) is 0 Å². The summed E-state index contributed by atoms with van der Waals surface area (Å²) in [6, 6.07) is 0. The minimum Gasteiger partial charge on any atom is -0.414 e. The molecule has 0 aromatic heterocycles. The van der Waals surface area contributed by atoms with Crippen LogP contribution in [0.15, 0.2) is 0 Å². The number of aliphatic hydroxyl groups is 1. The third-order valence-electron chi connectivity index (χ3n) is 6.45. The summed E-state index contributed by atoms with van der Waals surface area (Å²) in [5.74, 6) is 0. The van der Waals surface area contributed by atoms with Gasteiger partial charge in [-0.2, -0.15) is 0 Å². The Morgan fingerprint density at radius 3 is 1.38 bits per heavy atom. The van der Waals surface area contributed by atoms with Crippen molar-refractivity contribution < 1.29 is 32.9 Å². The van der Waals surface area contributed by atoms with Gasteiger partial charge in [-0.3, -0.25) is 0 Å². The topological polar surface area (TPSA) is 75.6 Å². The van der Waals surface area contributed by atoms with Crippen molar-refractivity contribution in [2.45, 2.75) is 83.9 Å². The maximum atomic E-state index is 9.44. The van der Waals surface area contributed by atoms with Crippen LogP contribution in [0.5, 0.6) is 0 Å². The van der Waals surface area contributed by atoms with Crippen molar-refractivity contribution in [3.8, 4) is 0 Å². The molecule has 0 aliphatic carbocycles. The molecule has 1 atom stereocenters. The van der Waals surface area contributed by atoms with E-state index in [9.17, 15) is 5.11 Å². The first kappa shape index (κ1) is 32.2. The van der Waals surface area contributed by atoms with Gasteiger partial charge < -0.3 is 32.9 Å². The van der Waals surface area contributed by atoms with Crippen molar-refractivity contribution in [1.82, 2.24) is 0 Å². The van der Waals surface area contributed by atoms with Crippen molar-refractivity contribution in [2.75, 3.05) is 66.1 Å². The molecule has 0 rings (SSSR count). The van der Waals surface area contributed by atoms with Crippen molar-refractivity contribution in [1.29, 1.82) is 0 Å². The Kier molecular flexibility index (Phi) is 15.3. The van der Waals surface area contributed by atoms with Crippen LogP contribution >= 0.6 is 0 Å². The summed E-state index contributed by atoms with van der Waals surface area (Å²) in [7, 11) is -3.43. The van der Waals surface area contributed by atoms with Crippen LogP contribution in [0.2, 0.25) is 36.3 Å². The van der Waals surface area contributed by atoms with Crippen molar-refractivity contribution >= 4 is 16.6 Å². The van der Waals surface area contributed by atoms with Gasteiger partial charge in [-0.25, -0.2) is 0 Å². The number of hydrogen-bond donors (Lipinski definition) is 1. The van der Waals surface area contributed by atoms with Gasteiger partial charge >= 0.3 is 0 Å². The largest absolute Gasteiger partial charge is 0.414 e. The highest BCUT2D eigenvalue weighted by atomic mass is 28.4. The minimum absolute atomic E-state index is 0.0876. The first-order chi connectivity index (χ1) is 14.6. The molecule has 194 valence electrons. The Morgan fingerprint density at radius 1 is 0.594 bits per heavy atom. The van der Waals surface area contributed by atoms with E-state index in [1.54, 1.807) is 0 Å². The average Bonchev–Trinajstić information content (AvgIpc) is 2.65. The molecular weight excluding hydrogens is 444 g/mol. The summed E-state index contributed by atoms with van der Waals surface area (Å²) in [5, 5.41) is 9.85. The van der Waals surface area contributed by atoms with Gasteiger partial charge in [0.2, 0.25) is 0 Å². The van der Waals surface area contributed by atoms with E-state index in [1.165, 1.54) is 0 Å². The second-order valence-corrected chi connectivity index (χ2v) is 20.8. The maximum Gasteiger partial charge on any atom is 0.192 e. The Labute approximate surface area is 199 Å². The van der Waals surface area contributed by atoms with Gasteiger partial charge in [0.1, 0.15) is 6.10 Å². The van der Waals surface area contributed by atoms with Gasteiger partial charge in [-0.15, -0.1) is 0 Å². The molecule has 0 radical (unpaired) electrons. The molecule has 1 unspecified atom stereocenters. The Hall–Kier alpha value is 0.154. The van der Waals surface area contributed by atoms with E-state index in [2.05, 4.69) is 67.7 Å². The summed E-state index contributed by atoms with van der Waals surface area (Å²) in [4.78, 5) is 0. The van der Waals surface area contributed by atoms with Gasteiger partial charge in [0.05, 0.1) is 66.1 Å². The Bertz CT molecular complexity index is 474. The predicted molar refractivity (Wildman–Crippen MR) is 136 cm³/mol. The lowest BCUT2D eigenvalue weighted by Gasteiger charge is -2.36.